The van der Waals surface area contributed by atoms with Gasteiger partial charge in [0, 0.05) is 37.7 Å². The zero-order valence-electron chi connectivity index (χ0n) is 13.0. The van der Waals surface area contributed by atoms with E-state index in [1.807, 2.05) is 22.7 Å². The molecule has 110 valence electrons. The lowest BCUT2D eigenvalue weighted by atomic mass is 10.1. The van der Waals surface area contributed by atoms with Gasteiger partial charge in [-0.3, -0.25) is 4.90 Å². The van der Waals surface area contributed by atoms with Gasteiger partial charge < -0.3 is 10.1 Å². The quantitative estimate of drug-likeness (QED) is 0.880. The predicted molar refractivity (Wildman–Crippen MR) is 84.6 cm³/mol. The molecule has 2 heterocycles. The maximum Gasteiger partial charge on any atom is 0.137 e. The van der Waals surface area contributed by atoms with Crippen molar-refractivity contribution >= 4 is 11.3 Å². The van der Waals surface area contributed by atoms with Crippen molar-refractivity contribution in [1.82, 2.24) is 14.3 Å². The highest BCUT2D eigenvalue weighted by atomic mass is 15.1. The van der Waals surface area contributed by atoms with Gasteiger partial charge in [0.05, 0.1) is 5.69 Å². The van der Waals surface area contributed by atoms with Gasteiger partial charge in [0.25, 0.3) is 0 Å². The van der Waals surface area contributed by atoms with Gasteiger partial charge in [-0.15, -0.1) is 0 Å². The average molecular weight is 274 g/mol. The third-order valence-corrected chi connectivity index (χ3v) is 3.16. The van der Waals surface area contributed by atoms with Crippen LogP contribution in [0.25, 0.3) is 5.65 Å². The van der Waals surface area contributed by atoms with Gasteiger partial charge in [-0.25, -0.2) is 4.98 Å². The van der Waals surface area contributed by atoms with Gasteiger partial charge in [0.1, 0.15) is 5.65 Å². The van der Waals surface area contributed by atoms with E-state index in [0.717, 1.165) is 36.7 Å². The molecule has 0 radical (unpaired) electrons. The highest BCUT2D eigenvalue weighted by Gasteiger charge is 2.12. The molecule has 0 unspecified atom stereocenters. The van der Waals surface area contributed by atoms with Crippen LogP contribution >= 0.6 is 0 Å². The van der Waals surface area contributed by atoms with Crippen LogP contribution in [0, 0.1) is 11.8 Å². The lowest BCUT2D eigenvalue weighted by Crippen LogP contribution is -2.31. The van der Waals surface area contributed by atoms with E-state index in [1.165, 1.54) is 0 Å². The largest absolute Gasteiger partial charge is 0.398 e. The Morgan fingerprint density at radius 1 is 1.10 bits per heavy atom. The topological polar surface area (TPSA) is 46.6 Å². The molecule has 4 heteroatoms. The van der Waals surface area contributed by atoms with E-state index >= 15 is 0 Å². The molecule has 2 rings (SSSR count). The Labute approximate surface area is 121 Å². The van der Waals surface area contributed by atoms with Gasteiger partial charge in [0.15, 0.2) is 0 Å². The zero-order valence-corrected chi connectivity index (χ0v) is 13.0. The Bertz CT molecular complexity index is 547. The van der Waals surface area contributed by atoms with Crippen molar-refractivity contribution in [2.45, 2.75) is 34.2 Å². The minimum absolute atomic E-state index is 0.668. The summed E-state index contributed by atoms with van der Waals surface area (Å²) in [7, 11) is 0. The maximum absolute atomic E-state index is 5.81. The van der Waals surface area contributed by atoms with Gasteiger partial charge in [-0.2, -0.15) is 0 Å². The molecule has 2 aromatic heterocycles. The summed E-state index contributed by atoms with van der Waals surface area (Å²) >= 11 is 0. The number of nitrogens with two attached hydrogens (primary N) is 1. The second-order valence-corrected chi connectivity index (χ2v) is 6.44. The van der Waals surface area contributed by atoms with Crippen molar-refractivity contribution in [3.63, 3.8) is 0 Å². The molecule has 0 spiro atoms. The minimum atomic E-state index is 0.668. The summed E-state index contributed by atoms with van der Waals surface area (Å²) in [6.45, 7) is 12.2. The number of fused-ring (bicyclic) bond motifs is 1. The summed E-state index contributed by atoms with van der Waals surface area (Å²) < 4.78 is 2.01. The Hall–Kier alpha value is -1.55. The first-order valence-electron chi connectivity index (χ1n) is 7.39. The monoisotopic (exact) mass is 274 g/mol. The molecule has 0 aliphatic heterocycles. The number of hydrogen-bond acceptors (Lipinski definition) is 3. The normalized spacial score (nSPS) is 12.2. The van der Waals surface area contributed by atoms with E-state index in [0.29, 0.717) is 11.8 Å². The lowest BCUT2D eigenvalue weighted by Gasteiger charge is -2.25. The number of nitrogen functional groups attached to an aromatic ring is 1. The maximum atomic E-state index is 5.81. The summed E-state index contributed by atoms with van der Waals surface area (Å²) in [5.41, 5.74) is 8.64. The van der Waals surface area contributed by atoms with Gasteiger partial charge >= 0.3 is 0 Å². The first kappa shape index (κ1) is 14.9. The SMILES string of the molecule is CC(C)CN(Cc1cn2cc(N)ccc2n1)CC(C)C. The molecule has 20 heavy (non-hydrogen) atoms. The second kappa shape index (κ2) is 6.27. The molecule has 0 amide bonds. The minimum Gasteiger partial charge on any atom is -0.398 e. The van der Waals surface area contributed by atoms with E-state index in [-0.39, 0.29) is 0 Å². The molecular weight excluding hydrogens is 248 g/mol. The predicted octanol–water partition coefficient (Wildman–Crippen LogP) is 3.03. The van der Waals surface area contributed by atoms with Crippen LogP contribution in [0.2, 0.25) is 0 Å². The molecule has 0 aromatic carbocycles. The molecule has 0 aliphatic carbocycles. The summed E-state index contributed by atoms with van der Waals surface area (Å²) in [5.74, 6) is 1.34. The van der Waals surface area contributed by atoms with Crippen LogP contribution in [-0.2, 0) is 6.54 Å². The van der Waals surface area contributed by atoms with Crippen LogP contribution < -0.4 is 5.73 Å². The summed E-state index contributed by atoms with van der Waals surface area (Å²) in [4.78, 5) is 7.16. The van der Waals surface area contributed by atoms with Crippen molar-refractivity contribution in [2.75, 3.05) is 18.8 Å². The highest BCUT2D eigenvalue weighted by Crippen LogP contribution is 2.13. The highest BCUT2D eigenvalue weighted by molar-refractivity contribution is 5.48. The Morgan fingerprint density at radius 3 is 2.35 bits per heavy atom. The standard InChI is InChI=1S/C16H26N4/c1-12(2)7-19(8-13(3)4)10-15-11-20-9-14(17)5-6-16(20)18-15/h5-6,9,11-13H,7-8,10,17H2,1-4H3. The van der Waals surface area contributed by atoms with Crippen LogP contribution in [-0.4, -0.2) is 27.4 Å². The molecule has 0 saturated carbocycles. The molecule has 4 nitrogen and oxygen atoms in total. The Kier molecular flexibility index (Phi) is 4.65. The molecule has 2 aromatic rings. The van der Waals surface area contributed by atoms with E-state index in [2.05, 4.69) is 43.8 Å². The first-order valence-corrected chi connectivity index (χ1v) is 7.39. The van der Waals surface area contributed by atoms with Crippen molar-refractivity contribution in [1.29, 1.82) is 0 Å². The first-order chi connectivity index (χ1) is 9.44. The smallest absolute Gasteiger partial charge is 0.137 e. The van der Waals surface area contributed by atoms with Crippen LogP contribution in [0.15, 0.2) is 24.5 Å². The average Bonchev–Trinajstić information content (AvgIpc) is 2.68. The van der Waals surface area contributed by atoms with Gasteiger partial charge in [-0.1, -0.05) is 27.7 Å². The Balaban J connectivity index is 2.14. The molecule has 0 aliphatic rings. The lowest BCUT2D eigenvalue weighted by molar-refractivity contribution is 0.209. The van der Waals surface area contributed by atoms with E-state index < -0.39 is 0 Å². The third-order valence-electron chi connectivity index (χ3n) is 3.16. The van der Waals surface area contributed by atoms with Crippen molar-refractivity contribution in [3.8, 4) is 0 Å². The van der Waals surface area contributed by atoms with Crippen LogP contribution in [0.3, 0.4) is 0 Å². The number of nitrogens with zero attached hydrogens (tertiary/aromatic N) is 3. The zero-order chi connectivity index (χ0) is 14.7. The van der Waals surface area contributed by atoms with Gasteiger partial charge in [0.2, 0.25) is 0 Å². The van der Waals surface area contributed by atoms with E-state index in [9.17, 15) is 0 Å². The van der Waals surface area contributed by atoms with Crippen LogP contribution in [0.5, 0.6) is 0 Å². The number of hydrogen-bond donors (Lipinski definition) is 1. The third kappa shape index (κ3) is 3.97. The molecular formula is C16H26N4. The molecule has 2 N–H and O–H groups in total. The molecule has 0 bridgehead atoms. The van der Waals surface area contributed by atoms with Crippen LogP contribution in [0.4, 0.5) is 5.69 Å². The fourth-order valence-electron chi connectivity index (χ4n) is 2.60. The fraction of sp³-hybridized carbons (Fsp3) is 0.562. The molecule has 0 fully saturated rings. The van der Waals surface area contributed by atoms with E-state index in [4.69, 9.17) is 5.73 Å². The number of aromatic nitrogens is 2. The number of rotatable bonds is 6. The van der Waals surface area contributed by atoms with E-state index in [1.54, 1.807) is 0 Å². The van der Waals surface area contributed by atoms with Crippen molar-refractivity contribution in [3.05, 3.63) is 30.2 Å². The summed E-state index contributed by atoms with van der Waals surface area (Å²) in [6.07, 6.45) is 4.00. The molecule has 0 atom stereocenters. The number of imidazole rings is 1. The van der Waals surface area contributed by atoms with Crippen molar-refractivity contribution in [2.24, 2.45) is 11.8 Å². The fourth-order valence-corrected chi connectivity index (χ4v) is 2.60. The van der Waals surface area contributed by atoms with Crippen molar-refractivity contribution < 1.29 is 0 Å². The summed E-state index contributed by atoms with van der Waals surface area (Å²) in [6, 6.07) is 3.86. The number of pyridine rings is 1. The molecule has 0 saturated heterocycles. The summed E-state index contributed by atoms with van der Waals surface area (Å²) in [5, 5.41) is 0. The number of anilines is 1. The second-order valence-electron chi connectivity index (χ2n) is 6.44. The Morgan fingerprint density at radius 2 is 1.75 bits per heavy atom. The van der Waals surface area contributed by atoms with Crippen LogP contribution in [0.1, 0.15) is 33.4 Å². The van der Waals surface area contributed by atoms with Gasteiger partial charge in [-0.05, 0) is 24.0 Å².